The summed E-state index contributed by atoms with van der Waals surface area (Å²) in [6.07, 6.45) is 73.1. The molecule has 0 rings (SSSR count). The molecule has 3 N–H and O–H groups in total. The molecular formula is C64H126N2O6P+. The third-order valence-electron chi connectivity index (χ3n) is 14.6. The molecule has 8 nitrogen and oxygen atoms in total. The van der Waals surface area contributed by atoms with Crippen molar-refractivity contribution in [2.45, 2.75) is 328 Å². The minimum absolute atomic E-state index is 0.0572. The Balaban J connectivity index is 3.86. The molecule has 73 heavy (non-hydrogen) atoms. The smallest absolute Gasteiger partial charge is 0.387 e. The zero-order valence-corrected chi connectivity index (χ0v) is 50.3. The second kappa shape index (κ2) is 55.5. The van der Waals surface area contributed by atoms with Crippen molar-refractivity contribution >= 4 is 13.7 Å². The number of allylic oxidation sites excluding steroid dienone is 5. The van der Waals surface area contributed by atoms with Gasteiger partial charge in [-0.15, -0.1) is 0 Å². The van der Waals surface area contributed by atoms with E-state index in [0.29, 0.717) is 17.4 Å². The highest BCUT2D eigenvalue weighted by atomic mass is 31.2. The van der Waals surface area contributed by atoms with Crippen LogP contribution in [0.5, 0.6) is 0 Å². The fraction of sp³-hybridized carbons (Fsp3) is 0.891. The number of nitrogens with one attached hydrogen (secondary N) is 1. The lowest BCUT2D eigenvalue weighted by Crippen LogP contribution is -2.45. The van der Waals surface area contributed by atoms with Gasteiger partial charge in [0.05, 0.1) is 39.9 Å². The Bertz CT molecular complexity index is 1280. The Morgan fingerprint density at radius 2 is 0.753 bits per heavy atom. The van der Waals surface area contributed by atoms with Crippen LogP contribution in [0.15, 0.2) is 36.5 Å². The molecule has 0 bridgehead atoms. The fourth-order valence-electron chi connectivity index (χ4n) is 9.59. The third kappa shape index (κ3) is 58.2. The zero-order valence-electron chi connectivity index (χ0n) is 49.4. The molecular weight excluding hydrogens is 924 g/mol. The number of hydrogen-bond donors (Lipinski definition) is 3. The summed E-state index contributed by atoms with van der Waals surface area (Å²) in [5.74, 6) is -0.184. The molecule has 0 aliphatic heterocycles. The van der Waals surface area contributed by atoms with Crippen molar-refractivity contribution in [2.24, 2.45) is 0 Å². The van der Waals surface area contributed by atoms with E-state index in [-0.39, 0.29) is 19.1 Å². The maximum atomic E-state index is 13.0. The van der Waals surface area contributed by atoms with E-state index < -0.39 is 20.0 Å². The first kappa shape index (κ1) is 71.7. The van der Waals surface area contributed by atoms with Crippen molar-refractivity contribution in [1.29, 1.82) is 0 Å². The Labute approximate surface area is 455 Å². The molecule has 0 aliphatic rings. The van der Waals surface area contributed by atoms with Gasteiger partial charge in [-0.2, -0.15) is 0 Å². The van der Waals surface area contributed by atoms with Crippen LogP contribution < -0.4 is 5.32 Å². The highest BCUT2D eigenvalue weighted by Gasteiger charge is 2.27. The maximum Gasteiger partial charge on any atom is 0.472 e. The Kier molecular flexibility index (Phi) is 54.5. The van der Waals surface area contributed by atoms with Crippen molar-refractivity contribution in [3.8, 4) is 0 Å². The molecule has 0 saturated heterocycles. The molecule has 0 fully saturated rings. The molecule has 0 aromatic heterocycles. The van der Waals surface area contributed by atoms with Crippen LogP contribution in [-0.2, 0) is 18.4 Å². The predicted molar refractivity (Wildman–Crippen MR) is 318 cm³/mol. The van der Waals surface area contributed by atoms with Gasteiger partial charge in [0.15, 0.2) is 0 Å². The normalized spacial score (nSPS) is 14.0. The Morgan fingerprint density at radius 3 is 1.10 bits per heavy atom. The predicted octanol–water partition coefficient (Wildman–Crippen LogP) is 19.7. The lowest BCUT2D eigenvalue weighted by atomic mass is 10.0. The van der Waals surface area contributed by atoms with Crippen molar-refractivity contribution in [3.05, 3.63) is 36.5 Å². The van der Waals surface area contributed by atoms with E-state index in [0.717, 1.165) is 38.5 Å². The van der Waals surface area contributed by atoms with Gasteiger partial charge in [0.25, 0.3) is 0 Å². The molecule has 0 spiro atoms. The molecule has 0 aromatic carbocycles. The molecule has 0 aromatic rings. The standard InChI is InChI=1S/C64H125N2O6P/c1-6-8-10-12-14-16-18-20-21-22-23-24-25-26-27-28-29-30-31-32-33-34-35-36-37-38-39-40-41-42-43-44-45-46-48-50-52-54-56-58-64(68)65-62(61-72-73(69,70)71-60-59-66(3,4)5)63(67)57-55-53-51-49-47-19-17-15-13-11-9-7-2/h32-33,47,49,55,57,62-63,67H,6-31,34-46,48,50-54,56,58-61H2,1-5H3,(H-,65,68,69,70)/p+1/b33-32-,49-47+,57-55+. The van der Waals surface area contributed by atoms with E-state index in [2.05, 4.69) is 43.5 Å². The van der Waals surface area contributed by atoms with Gasteiger partial charge in [0.1, 0.15) is 13.2 Å². The molecule has 3 unspecified atom stereocenters. The van der Waals surface area contributed by atoms with Crippen molar-refractivity contribution in [1.82, 2.24) is 5.32 Å². The van der Waals surface area contributed by atoms with E-state index in [1.165, 1.54) is 257 Å². The van der Waals surface area contributed by atoms with Crippen LogP contribution in [0.4, 0.5) is 0 Å². The average Bonchev–Trinajstić information content (AvgIpc) is 3.35. The van der Waals surface area contributed by atoms with Crippen molar-refractivity contribution in [2.75, 3.05) is 40.9 Å². The number of hydrogen-bond acceptors (Lipinski definition) is 5. The number of quaternary nitrogens is 1. The summed E-state index contributed by atoms with van der Waals surface area (Å²) >= 11 is 0. The minimum atomic E-state index is -4.35. The van der Waals surface area contributed by atoms with E-state index in [1.807, 2.05) is 27.2 Å². The number of nitrogens with zero attached hydrogens (tertiary/aromatic N) is 1. The molecule has 0 radical (unpaired) electrons. The molecule has 0 aliphatic carbocycles. The highest BCUT2D eigenvalue weighted by Crippen LogP contribution is 2.43. The first-order valence-corrected chi connectivity index (χ1v) is 33.4. The SMILES string of the molecule is CCCCCCCC/C=C/CC/C=C/C(O)C(COP(=O)(O)OCC[N+](C)(C)C)NC(=O)CCCCCCCCCCCCCCCCCCC/C=C\CCCCCCCCCCCCCCCCCCCC. The largest absolute Gasteiger partial charge is 0.472 e. The van der Waals surface area contributed by atoms with Gasteiger partial charge in [-0.05, 0) is 57.8 Å². The van der Waals surface area contributed by atoms with E-state index in [4.69, 9.17) is 9.05 Å². The molecule has 0 saturated carbocycles. The number of phosphoric ester groups is 1. The molecule has 0 heterocycles. The lowest BCUT2D eigenvalue weighted by molar-refractivity contribution is -0.870. The number of phosphoric acid groups is 1. The van der Waals surface area contributed by atoms with Crippen molar-refractivity contribution < 1.29 is 32.9 Å². The third-order valence-corrected chi connectivity index (χ3v) is 15.6. The zero-order chi connectivity index (χ0) is 53.5. The highest BCUT2D eigenvalue weighted by molar-refractivity contribution is 7.47. The van der Waals surface area contributed by atoms with Gasteiger partial charge in [-0.3, -0.25) is 13.8 Å². The number of carbonyl (C=O) groups excluding carboxylic acids is 1. The first-order valence-electron chi connectivity index (χ1n) is 31.9. The van der Waals surface area contributed by atoms with Gasteiger partial charge in [-0.1, -0.05) is 288 Å². The summed E-state index contributed by atoms with van der Waals surface area (Å²) in [6, 6.07) is -0.861. The van der Waals surface area contributed by atoms with Crippen LogP contribution in [0.25, 0.3) is 0 Å². The summed E-state index contributed by atoms with van der Waals surface area (Å²) < 4.78 is 23.6. The fourth-order valence-corrected chi connectivity index (χ4v) is 10.3. The molecule has 1 amide bonds. The second-order valence-corrected chi connectivity index (χ2v) is 24.6. The number of carbonyl (C=O) groups is 1. The number of aliphatic hydroxyl groups excluding tert-OH is 1. The van der Waals surface area contributed by atoms with Gasteiger partial charge in [-0.25, -0.2) is 4.57 Å². The Morgan fingerprint density at radius 1 is 0.452 bits per heavy atom. The Hall–Kier alpha value is -1.28. The number of aliphatic hydroxyl groups is 1. The topological polar surface area (TPSA) is 105 Å². The summed E-state index contributed by atoms with van der Waals surface area (Å²) in [4.78, 5) is 23.2. The van der Waals surface area contributed by atoms with Crippen LogP contribution in [0.1, 0.15) is 316 Å². The molecule has 432 valence electrons. The van der Waals surface area contributed by atoms with E-state index >= 15 is 0 Å². The van der Waals surface area contributed by atoms with Crippen LogP contribution in [-0.4, -0.2) is 73.4 Å². The van der Waals surface area contributed by atoms with Gasteiger partial charge in [0.2, 0.25) is 5.91 Å². The molecule has 9 heteroatoms. The number of likely N-dealkylation sites (N-methyl/N-ethyl adjacent to an activating group) is 1. The minimum Gasteiger partial charge on any atom is -0.387 e. The molecule has 3 atom stereocenters. The van der Waals surface area contributed by atoms with Crippen molar-refractivity contribution in [3.63, 3.8) is 0 Å². The summed E-state index contributed by atoms with van der Waals surface area (Å²) in [6.45, 7) is 4.81. The summed E-state index contributed by atoms with van der Waals surface area (Å²) in [7, 11) is 1.56. The number of rotatable bonds is 59. The van der Waals surface area contributed by atoms with E-state index in [1.54, 1.807) is 6.08 Å². The average molecular weight is 1050 g/mol. The number of unbranched alkanes of at least 4 members (excludes halogenated alkanes) is 42. The van der Waals surface area contributed by atoms with Gasteiger partial charge >= 0.3 is 7.82 Å². The summed E-state index contributed by atoms with van der Waals surface area (Å²) in [5.41, 5.74) is 0. The maximum absolute atomic E-state index is 13.0. The van der Waals surface area contributed by atoms with Crippen LogP contribution >= 0.6 is 7.82 Å². The van der Waals surface area contributed by atoms with Gasteiger partial charge < -0.3 is 19.8 Å². The summed E-state index contributed by atoms with van der Waals surface area (Å²) in [5, 5.41) is 13.9. The number of amides is 1. The monoisotopic (exact) mass is 1050 g/mol. The lowest BCUT2D eigenvalue weighted by Gasteiger charge is -2.25. The van der Waals surface area contributed by atoms with Gasteiger partial charge in [0, 0.05) is 6.42 Å². The van der Waals surface area contributed by atoms with Crippen LogP contribution in [0.3, 0.4) is 0 Å². The van der Waals surface area contributed by atoms with Crippen LogP contribution in [0.2, 0.25) is 0 Å². The van der Waals surface area contributed by atoms with Crippen LogP contribution in [0, 0.1) is 0 Å². The quantitative estimate of drug-likeness (QED) is 0.0243. The first-order chi connectivity index (χ1) is 35.5. The van der Waals surface area contributed by atoms with E-state index in [9.17, 15) is 19.4 Å². The second-order valence-electron chi connectivity index (χ2n) is 23.1.